The molecule has 0 radical (unpaired) electrons. The van der Waals surface area contributed by atoms with Gasteiger partial charge in [0.2, 0.25) is 0 Å². The van der Waals surface area contributed by atoms with E-state index in [0.29, 0.717) is 0 Å². The molecule has 3 aromatic rings. The Balaban J connectivity index is 0.000000847. The van der Waals surface area contributed by atoms with E-state index in [0.717, 1.165) is 17.1 Å². The van der Waals surface area contributed by atoms with Gasteiger partial charge in [0.25, 0.3) is 0 Å². The lowest BCUT2D eigenvalue weighted by Crippen LogP contribution is -2.05. The molecule has 0 bridgehead atoms. The Morgan fingerprint density at radius 3 is 2.23 bits per heavy atom. The zero-order valence-corrected chi connectivity index (χ0v) is 14.0. The lowest BCUT2D eigenvalue weighted by Gasteiger charge is -2.10. The molecule has 3 rings (SSSR count). The molecular formula is C19H24N2O. The van der Waals surface area contributed by atoms with Gasteiger partial charge in [-0.15, -0.1) is 0 Å². The van der Waals surface area contributed by atoms with Crippen molar-refractivity contribution in [1.82, 2.24) is 9.38 Å². The number of ether oxygens (including phenoxy) is 1. The molecule has 0 amide bonds. The molecule has 2 aromatic heterocycles. The number of nitrogens with zero attached hydrogens (tertiary/aromatic N) is 2. The van der Waals surface area contributed by atoms with Crippen molar-refractivity contribution in [2.75, 3.05) is 0 Å². The number of benzene rings is 1. The lowest BCUT2D eigenvalue weighted by atomic mass is 10.1. The van der Waals surface area contributed by atoms with E-state index in [4.69, 9.17) is 4.74 Å². The number of imidazole rings is 1. The average Bonchev–Trinajstić information content (AvgIpc) is 2.90. The van der Waals surface area contributed by atoms with Gasteiger partial charge in [-0.1, -0.05) is 32.0 Å². The van der Waals surface area contributed by atoms with Gasteiger partial charge < -0.3 is 9.14 Å². The molecule has 0 saturated carbocycles. The number of aromatic nitrogens is 2. The van der Waals surface area contributed by atoms with E-state index < -0.39 is 0 Å². The smallest absolute Gasteiger partial charge is 0.119 e. The summed E-state index contributed by atoms with van der Waals surface area (Å²) in [5.41, 5.74) is 3.47. The molecule has 0 aliphatic carbocycles. The van der Waals surface area contributed by atoms with Crippen molar-refractivity contribution < 1.29 is 4.74 Å². The van der Waals surface area contributed by atoms with Crippen molar-refractivity contribution in [2.45, 2.75) is 40.7 Å². The number of fused-ring (bicyclic) bond motifs is 1. The highest BCUT2D eigenvalue weighted by atomic mass is 16.5. The number of aryl methyl sites for hydroxylation is 1. The summed E-state index contributed by atoms with van der Waals surface area (Å²) < 4.78 is 7.77. The number of hydrogen-bond donors (Lipinski definition) is 0. The van der Waals surface area contributed by atoms with Gasteiger partial charge in [-0.25, -0.2) is 4.98 Å². The summed E-state index contributed by atoms with van der Waals surface area (Å²) in [5, 5.41) is 0. The normalized spacial score (nSPS) is 10.5. The molecule has 0 fully saturated rings. The van der Waals surface area contributed by atoms with E-state index in [1.165, 1.54) is 11.1 Å². The molecule has 1 aromatic carbocycles. The molecule has 3 heteroatoms. The molecular weight excluding hydrogens is 272 g/mol. The summed E-state index contributed by atoms with van der Waals surface area (Å²) in [4.78, 5) is 4.32. The van der Waals surface area contributed by atoms with E-state index in [-0.39, 0.29) is 6.10 Å². The van der Waals surface area contributed by atoms with Crippen LogP contribution < -0.4 is 4.74 Å². The fourth-order valence-electron chi connectivity index (χ4n) is 2.29. The van der Waals surface area contributed by atoms with Crippen molar-refractivity contribution in [3.05, 3.63) is 54.6 Å². The Hall–Kier alpha value is -2.29. The SMILES string of the molecule is CC.Cc1ncc2ccc(-c3ccc(OC(C)C)cc3)cn12. The molecule has 0 saturated heterocycles. The third kappa shape index (κ3) is 3.48. The first-order valence-corrected chi connectivity index (χ1v) is 7.84. The van der Waals surface area contributed by atoms with Crippen LogP contribution in [0.1, 0.15) is 33.5 Å². The highest BCUT2D eigenvalue weighted by Gasteiger charge is 2.03. The first kappa shape index (κ1) is 16.1. The van der Waals surface area contributed by atoms with Crippen LogP contribution in [0.3, 0.4) is 0 Å². The highest BCUT2D eigenvalue weighted by molar-refractivity contribution is 5.66. The van der Waals surface area contributed by atoms with Gasteiger partial charge in [0.1, 0.15) is 11.6 Å². The van der Waals surface area contributed by atoms with Crippen LogP contribution in [0.25, 0.3) is 16.6 Å². The Morgan fingerprint density at radius 1 is 0.955 bits per heavy atom. The number of rotatable bonds is 3. The van der Waals surface area contributed by atoms with Crippen LogP contribution in [0.4, 0.5) is 0 Å². The number of hydrogen-bond acceptors (Lipinski definition) is 2. The van der Waals surface area contributed by atoms with Crippen molar-refractivity contribution in [3.63, 3.8) is 0 Å². The van der Waals surface area contributed by atoms with E-state index in [2.05, 4.69) is 39.8 Å². The molecule has 0 spiro atoms. The minimum absolute atomic E-state index is 0.200. The van der Waals surface area contributed by atoms with E-state index >= 15 is 0 Å². The summed E-state index contributed by atoms with van der Waals surface area (Å²) in [6.45, 7) is 10.1. The van der Waals surface area contributed by atoms with Gasteiger partial charge in [-0.2, -0.15) is 0 Å². The predicted molar refractivity (Wildman–Crippen MR) is 92.5 cm³/mol. The predicted octanol–water partition coefficient (Wildman–Crippen LogP) is 5.12. The Morgan fingerprint density at radius 2 is 1.59 bits per heavy atom. The second-order valence-electron chi connectivity index (χ2n) is 5.21. The number of pyridine rings is 1. The second-order valence-corrected chi connectivity index (χ2v) is 5.21. The fraction of sp³-hybridized carbons (Fsp3) is 0.316. The summed E-state index contributed by atoms with van der Waals surface area (Å²) in [7, 11) is 0. The summed E-state index contributed by atoms with van der Waals surface area (Å²) in [6.07, 6.45) is 4.21. The van der Waals surface area contributed by atoms with Gasteiger partial charge in [0.15, 0.2) is 0 Å². The zero-order chi connectivity index (χ0) is 16.1. The molecule has 2 heterocycles. The molecule has 116 valence electrons. The van der Waals surface area contributed by atoms with E-state index in [9.17, 15) is 0 Å². The van der Waals surface area contributed by atoms with Gasteiger partial charge in [0, 0.05) is 6.20 Å². The van der Waals surface area contributed by atoms with Crippen LogP contribution in [0.5, 0.6) is 5.75 Å². The second kappa shape index (κ2) is 7.12. The quantitative estimate of drug-likeness (QED) is 0.670. The topological polar surface area (TPSA) is 26.5 Å². The van der Waals surface area contributed by atoms with Gasteiger partial charge in [0.05, 0.1) is 17.8 Å². The van der Waals surface area contributed by atoms with Crippen molar-refractivity contribution in [3.8, 4) is 16.9 Å². The Bertz CT molecular complexity index is 727. The van der Waals surface area contributed by atoms with Crippen LogP contribution in [0, 0.1) is 6.92 Å². The van der Waals surface area contributed by atoms with Crippen LogP contribution in [0.15, 0.2) is 48.8 Å². The van der Waals surface area contributed by atoms with Crippen molar-refractivity contribution in [2.24, 2.45) is 0 Å². The van der Waals surface area contributed by atoms with Gasteiger partial charge in [-0.3, -0.25) is 0 Å². The average molecular weight is 296 g/mol. The first-order chi connectivity index (χ1) is 10.6. The Kier molecular flexibility index (Phi) is 5.21. The summed E-state index contributed by atoms with van der Waals surface area (Å²) >= 11 is 0. The minimum atomic E-state index is 0.200. The van der Waals surface area contributed by atoms with Gasteiger partial charge >= 0.3 is 0 Å². The van der Waals surface area contributed by atoms with E-state index in [1.807, 2.05) is 52.9 Å². The van der Waals surface area contributed by atoms with Crippen molar-refractivity contribution >= 4 is 5.52 Å². The Labute approximate surface area is 132 Å². The third-order valence-corrected chi connectivity index (χ3v) is 3.27. The maximum Gasteiger partial charge on any atom is 0.119 e. The standard InChI is InChI=1S/C17H18N2O.C2H6/c1-12(2)20-17-8-5-14(6-9-17)15-4-7-16-10-18-13(3)19(16)11-15;1-2/h4-12H,1-3H3;1-2H3. The first-order valence-electron chi connectivity index (χ1n) is 7.84. The van der Waals surface area contributed by atoms with E-state index in [1.54, 1.807) is 0 Å². The molecule has 0 aliphatic rings. The highest BCUT2D eigenvalue weighted by Crippen LogP contribution is 2.24. The summed E-state index contributed by atoms with van der Waals surface area (Å²) in [5.74, 6) is 1.91. The monoisotopic (exact) mass is 296 g/mol. The van der Waals surface area contributed by atoms with Crippen LogP contribution in [0.2, 0.25) is 0 Å². The third-order valence-electron chi connectivity index (χ3n) is 3.27. The largest absolute Gasteiger partial charge is 0.491 e. The van der Waals surface area contributed by atoms with Gasteiger partial charge in [-0.05, 0) is 50.1 Å². The maximum absolute atomic E-state index is 5.67. The molecule has 0 N–H and O–H groups in total. The van der Waals surface area contributed by atoms with Crippen molar-refractivity contribution in [1.29, 1.82) is 0 Å². The molecule has 0 aliphatic heterocycles. The van der Waals surface area contributed by atoms with Crippen LogP contribution in [-0.2, 0) is 0 Å². The van der Waals surface area contributed by atoms with Crippen LogP contribution in [-0.4, -0.2) is 15.5 Å². The zero-order valence-electron chi connectivity index (χ0n) is 14.0. The maximum atomic E-state index is 5.67. The fourth-order valence-corrected chi connectivity index (χ4v) is 2.29. The molecule has 3 nitrogen and oxygen atoms in total. The minimum Gasteiger partial charge on any atom is -0.491 e. The van der Waals surface area contributed by atoms with Crippen LogP contribution >= 0.6 is 0 Å². The summed E-state index contributed by atoms with van der Waals surface area (Å²) in [6, 6.07) is 12.4. The molecule has 22 heavy (non-hydrogen) atoms. The molecule has 0 unspecified atom stereocenters. The molecule has 0 atom stereocenters. The lowest BCUT2D eigenvalue weighted by molar-refractivity contribution is 0.242.